The first-order valence-electron chi connectivity index (χ1n) is 4.42. The number of nitrogens with one attached hydrogen (secondary N) is 1. The molecule has 1 amide bonds. The van der Waals surface area contributed by atoms with E-state index in [0.717, 1.165) is 0 Å². The number of hydrogen-bond donors (Lipinski definition) is 4. The van der Waals surface area contributed by atoms with E-state index in [0.29, 0.717) is 0 Å². The average molecular weight is 205 g/mol. The highest BCUT2D eigenvalue weighted by Crippen LogP contribution is 2.14. The lowest BCUT2D eigenvalue weighted by Crippen LogP contribution is -2.59. The van der Waals surface area contributed by atoms with Crippen molar-refractivity contribution in [2.24, 2.45) is 0 Å². The van der Waals surface area contributed by atoms with Crippen LogP contribution in [0.2, 0.25) is 0 Å². The molecule has 6 heteroatoms. The molecule has 6 nitrogen and oxygen atoms in total. The van der Waals surface area contributed by atoms with Crippen LogP contribution in [0.1, 0.15) is 6.92 Å². The fourth-order valence-electron chi connectivity index (χ4n) is 1.43. The molecule has 0 aliphatic carbocycles. The summed E-state index contributed by atoms with van der Waals surface area (Å²) in [5.41, 5.74) is 0. The lowest BCUT2D eigenvalue weighted by Gasteiger charge is -2.36. The van der Waals surface area contributed by atoms with Crippen LogP contribution < -0.4 is 5.32 Å². The Balaban J connectivity index is 2.54. The fourth-order valence-corrected chi connectivity index (χ4v) is 1.43. The summed E-state index contributed by atoms with van der Waals surface area (Å²) in [5, 5.41) is 30.2. The first-order chi connectivity index (χ1) is 6.56. The van der Waals surface area contributed by atoms with Crippen LogP contribution in [0.3, 0.4) is 0 Å². The predicted octanol–water partition coefficient (Wildman–Crippen LogP) is -2.40. The molecule has 0 aromatic carbocycles. The van der Waals surface area contributed by atoms with Crippen LogP contribution in [-0.2, 0) is 9.53 Å². The molecule has 1 heterocycles. The van der Waals surface area contributed by atoms with Gasteiger partial charge in [0.05, 0.1) is 19.3 Å². The second-order valence-corrected chi connectivity index (χ2v) is 3.34. The van der Waals surface area contributed by atoms with Crippen molar-refractivity contribution in [1.29, 1.82) is 0 Å². The summed E-state index contributed by atoms with van der Waals surface area (Å²) < 4.78 is 5.05. The van der Waals surface area contributed by atoms with Crippen LogP contribution in [-0.4, -0.2) is 58.8 Å². The van der Waals surface area contributed by atoms with Gasteiger partial charge in [0.25, 0.3) is 0 Å². The Bertz CT molecular complexity index is 210. The third kappa shape index (κ3) is 2.42. The van der Waals surface area contributed by atoms with E-state index in [9.17, 15) is 15.0 Å². The van der Waals surface area contributed by atoms with E-state index in [-0.39, 0.29) is 19.1 Å². The monoisotopic (exact) mass is 205 g/mol. The molecule has 4 atom stereocenters. The van der Waals surface area contributed by atoms with Gasteiger partial charge in [-0.3, -0.25) is 4.79 Å². The summed E-state index contributed by atoms with van der Waals surface area (Å²) >= 11 is 0. The van der Waals surface area contributed by atoms with Gasteiger partial charge in [0, 0.05) is 6.92 Å². The highest BCUT2D eigenvalue weighted by molar-refractivity contribution is 5.73. The number of ether oxygens (including phenoxy) is 1. The van der Waals surface area contributed by atoms with Gasteiger partial charge in [0.2, 0.25) is 5.91 Å². The van der Waals surface area contributed by atoms with Gasteiger partial charge >= 0.3 is 0 Å². The number of rotatable bonds is 2. The molecule has 1 rings (SSSR count). The van der Waals surface area contributed by atoms with Crippen LogP contribution in [0.25, 0.3) is 0 Å². The summed E-state index contributed by atoms with van der Waals surface area (Å²) in [4.78, 5) is 10.7. The second kappa shape index (κ2) is 4.70. The maximum absolute atomic E-state index is 10.7. The third-order valence-electron chi connectivity index (χ3n) is 2.20. The van der Waals surface area contributed by atoms with Gasteiger partial charge < -0.3 is 25.4 Å². The van der Waals surface area contributed by atoms with Gasteiger partial charge in [-0.1, -0.05) is 0 Å². The summed E-state index contributed by atoms with van der Waals surface area (Å²) in [6, 6.07) is -0.620. The number of carbonyl (C=O) groups excluding carboxylic acids is 1. The predicted molar refractivity (Wildman–Crippen MR) is 46.4 cm³/mol. The average Bonchev–Trinajstić information content (AvgIpc) is 2.13. The lowest BCUT2D eigenvalue weighted by molar-refractivity contribution is -0.164. The summed E-state index contributed by atoms with van der Waals surface area (Å²) in [5.74, 6) is -0.299. The molecule has 1 saturated heterocycles. The van der Waals surface area contributed by atoms with Crippen LogP contribution in [0.15, 0.2) is 0 Å². The SMILES string of the molecule is CC(=O)N[C@H]1CO[C@@H](CO)[C@@H](O)[C@@H]1O. The van der Waals surface area contributed by atoms with Gasteiger partial charge in [-0.25, -0.2) is 0 Å². The summed E-state index contributed by atoms with van der Waals surface area (Å²) in [7, 11) is 0. The van der Waals surface area contributed by atoms with E-state index in [1.165, 1.54) is 6.92 Å². The van der Waals surface area contributed by atoms with Crippen molar-refractivity contribution in [3.8, 4) is 0 Å². The van der Waals surface area contributed by atoms with E-state index >= 15 is 0 Å². The fraction of sp³-hybridized carbons (Fsp3) is 0.875. The summed E-state index contributed by atoms with van der Waals surface area (Å²) in [6.07, 6.45) is -3.06. The molecule has 0 aromatic rings. The van der Waals surface area contributed by atoms with Crippen molar-refractivity contribution in [3.63, 3.8) is 0 Å². The largest absolute Gasteiger partial charge is 0.394 e. The Morgan fingerprint density at radius 3 is 2.64 bits per heavy atom. The molecule has 82 valence electrons. The van der Waals surface area contributed by atoms with E-state index < -0.39 is 24.4 Å². The van der Waals surface area contributed by atoms with Crippen molar-refractivity contribution in [2.75, 3.05) is 13.2 Å². The highest BCUT2D eigenvalue weighted by Gasteiger charge is 2.38. The minimum absolute atomic E-state index is 0.0863. The van der Waals surface area contributed by atoms with Crippen molar-refractivity contribution in [3.05, 3.63) is 0 Å². The van der Waals surface area contributed by atoms with E-state index in [1.807, 2.05) is 0 Å². The maximum Gasteiger partial charge on any atom is 0.217 e. The second-order valence-electron chi connectivity index (χ2n) is 3.34. The lowest BCUT2D eigenvalue weighted by atomic mass is 9.98. The first kappa shape index (κ1) is 11.4. The zero-order chi connectivity index (χ0) is 10.7. The minimum atomic E-state index is -1.18. The van der Waals surface area contributed by atoms with Crippen molar-refractivity contribution >= 4 is 5.91 Å². The molecule has 1 fully saturated rings. The number of aliphatic hydroxyl groups excluding tert-OH is 3. The molecular weight excluding hydrogens is 190 g/mol. The number of amides is 1. The van der Waals surface area contributed by atoms with Crippen molar-refractivity contribution in [1.82, 2.24) is 5.32 Å². The van der Waals surface area contributed by atoms with E-state index in [4.69, 9.17) is 9.84 Å². The van der Waals surface area contributed by atoms with Gasteiger partial charge in [-0.2, -0.15) is 0 Å². The quantitative estimate of drug-likeness (QED) is 0.403. The number of aliphatic hydroxyl groups is 3. The Hall–Kier alpha value is -0.690. The van der Waals surface area contributed by atoms with E-state index in [2.05, 4.69) is 5.32 Å². The normalized spacial score (nSPS) is 38.0. The zero-order valence-electron chi connectivity index (χ0n) is 7.88. The molecule has 4 N–H and O–H groups in total. The molecule has 14 heavy (non-hydrogen) atoms. The van der Waals surface area contributed by atoms with Gasteiger partial charge in [0.15, 0.2) is 0 Å². The number of hydrogen-bond acceptors (Lipinski definition) is 5. The van der Waals surface area contributed by atoms with Crippen LogP contribution >= 0.6 is 0 Å². The molecule has 0 saturated carbocycles. The molecule has 0 unspecified atom stereocenters. The van der Waals surface area contributed by atoms with Crippen molar-refractivity contribution < 1.29 is 24.9 Å². The van der Waals surface area contributed by atoms with Crippen LogP contribution in [0, 0.1) is 0 Å². The Morgan fingerprint density at radius 2 is 2.14 bits per heavy atom. The smallest absolute Gasteiger partial charge is 0.217 e. The highest BCUT2D eigenvalue weighted by atomic mass is 16.5. The Labute approximate surface area is 81.5 Å². The third-order valence-corrected chi connectivity index (χ3v) is 2.20. The molecule has 0 radical (unpaired) electrons. The Kier molecular flexibility index (Phi) is 3.82. The van der Waals surface area contributed by atoms with Crippen LogP contribution in [0.5, 0.6) is 0 Å². The van der Waals surface area contributed by atoms with Gasteiger partial charge in [-0.15, -0.1) is 0 Å². The van der Waals surface area contributed by atoms with Crippen LogP contribution in [0.4, 0.5) is 0 Å². The standard InChI is InChI=1S/C8H15NO5/c1-4(11)9-5-3-14-6(2-10)8(13)7(5)12/h5-8,10,12-13H,2-3H2,1H3,(H,9,11)/t5-,6-,7+,8+/m0/s1. The van der Waals surface area contributed by atoms with Gasteiger partial charge in [-0.05, 0) is 0 Å². The topological polar surface area (TPSA) is 99.0 Å². The van der Waals surface area contributed by atoms with Crippen molar-refractivity contribution in [2.45, 2.75) is 31.3 Å². The zero-order valence-corrected chi connectivity index (χ0v) is 7.88. The Morgan fingerprint density at radius 1 is 1.50 bits per heavy atom. The molecule has 0 bridgehead atoms. The molecule has 1 aliphatic heterocycles. The number of carbonyl (C=O) groups is 1. The maximum atomic E-state index is 10.7. The molecule has 0 spiro atoms. The molecule has 0 aromatic heterocycles. The molecular formula is C8H15NO5. The van der Waals surface area contributed by atoms with Gasteiger partial charge in [0.1, 0.15) is 18.3 Å². The van der Waals surface area contributed by atoms with E-state index in [1.54, 1.807) is 0 Å². The minimum Gasteiger partial charge on any atom is -0.394 e. The molecule has 1 aliphatic rings. The summed E-state index contributed by atoms with van der Waals surface area (Å²) in [6.45, 7) is 1.05. The first-order valence-corrected chi connectivity index (χ1v) is 4.42.